The number of unbranched alkanes of at least 4 members (excludes halogenated alkanes) is 1. The van der Waals surface area contributed by atoms with E-state index in [4.69, 9.17) is 11.6 Å². The predicted octanol–water partition coefficient (Wildman–Crippen LogP) is 3.72. The van der Waals surface area contributed by atoms with Crippen molar-refractivity contribution in [3.8, 4) is 0 Å². The molecule has 0 bridgehead atoms. The van der Waals surface area contributed by atoms with Gasteiger partial charge in [-0.2, -0.15) is 0 Å². The molecule has 9 heteroatoms. The number of sulfonamides is 1. The maximum Gasteiger partial charge on any atom is 0.240 e. The molecular weight excluding hydrogens is 438 g/mol. The number of halogens is 1. The molecule has 0 radical (unpaired) electrons. The molecule has 0 aromatic heterocycles. The summed E-state index contributed by atoms with van der Waals surface area (Å²) < 4.78 is 27.0. The summed E-state index contributed by atoms with van der Waals surface area (Å²) in [6.07, 6.45) is 1.76. The first-order valence-corrected chi connectivity index (χ1v) is 12.0. The molecule has 2 aromatic carbocycles. The minimum absolute atomic E-state index is 0.102. The van der Waals surface area contributed by atoms with Gasteiger partial charge in [-0.05, 0) is 55.3 Å². The Morgan fingerprint density at radius 2 is 1.90 bits per heavy atom. The van der Waals surface area contributed by atoms with Crippen LogP contribution in [0.1, 0.15) is 31.7 Å². The second-order valence-corrected chi connectivity index (χ2v) is 9.78. The number of hydrogen-bond donors (Lipinski definition) is 2. The minimum Gasteiger partial charge on any atom is -0.326 e. The molecule has 2 amide bonds. The summed E-state index contributed by atoms with van der Waals surface area (Å²) in [6, 6.07) is 11.4. The minimum atomic E-state index is -3.57. The van der Waals surface area contributed by atoms with Crippen LogP contribution in [-0.4, -0.2) is 33.3 Å². The lowest BCUT2D eigenvalue weighted by Crippen LogP contribution is -2.28. The van der Waals surface area contributed by atoms with Crippen molar-refractivity contribution in [2.45, 2.75) is 38.0 Å². The summed E-state index contributed by atoms with van der Waals surface area (Å²) in [5.74, 6) is -0.933. The van der Waals surface area contributed by atoms with Gasteiger partial charge in [0.25, 0.3) is 0 Å². The van der Waals surface area contributed by atoms with E-state index < -0.39 is 15.9 Å². The molecule has 1 saturated heterocycles. The molecule has 2 N–H and O–H groups in total. The van der Waals surface area contributed by atoms with Gasteiger partial charge < -0.3 is 10.2 Å². The van der Waals surface area contributed by atoms with Crippen LogP contribution < -0.4 is 14.9 Å². The van der Waals surface area contributed by atoms with E-state index in [1.54, 1.807) is 23.1 Å². The van der Waals surface area contributed by atoms with E-state index in [2.05, 4.69) is 10.0 Å². The fraction of sp³-hybridized carbons (Fsp3) is 0.364. The number of amides is 2. The zero-order chi connectivity index (χ0) is 22.6. The van der Waals surface area contributed by atoms with Crippen LogP contribution in [-0.2, 0) is 19.6 Å². The Kier molecular flexibility index (Phi) is 7.35. The van der Waals surface area contributed by atoms with E-state index in [-0.39, 0.29) is 29.7 Å². The number of carbonyl (C=O) groups excluding carboxylic acids is 2. The molecule has 2 aromatic rings. The molecule has 0 spiro atoms. The number of aryl methyl sites for hydroxylation is 1. The van der Waals surface area contributed by atoms with Gasteiger partial charge in [-0.15, -0.1) is 0 Å². The zero-order valence-corrected chi connectivity index (χ0v) is 19.1. The molecule has 1 aliphatic heterocycles. The average Bonchev–Trinajstić information content (AvgIpc) is 3.12. The first-order valence-electron chi connectivity index (χ1n) is 10.2. The first-order chi connectivity index (χ1) is 14.7. The Balaban J connectivity index is 1.62. The van der Waals surface area contributed by atoms with Crippen molar-refractivity contribution in [2.75, 3.05) is 23.3 Å². The molecule has 1 atom stereocenters. The standard InChI is InChI=1S/C22H26ClN3O4S/c1-3-4-11-24-31(29,30)19-9-6-17(7-10-19)25-22(28)16-12-21(27)26(14-16)18-8-5-15(2)20(23)13-18/h5-10,13,16,24H,3-4,11-12,14H2,1-2H3,(H,25,28). The lowest BCUT2D eigenvalue weighted by molar-refractivity contribution is -0.122. The number of benzene rings is 2. The highest BCUT2D eigenvalue weighted by Crippen LogP contribution is 2.29. The topological polar surface area (TPSA) is 95.6 Å². The fourth-order valence-electron chi connectivity index (χ4n) is 3.31. The van der Waals surface area contributed by atoms with Gasteiger partial charge in [-0.3, -0.25) is 9.59 Å². The van der Waals surface area contributed by atoms with E-state index in [0.29, 0.717) is 22.9 Å². The molecule has 31 heavy (non-hydrogen) atoms. The Bertz CT molecular complexity index is 1070. The van der Waals surface area contributed by atoms with Crippen LogP contribution in [0.4, 0.5) is 11.4 Å². The van der Waals surface area contributed by atoms with Crippen molar-refractivity contribution < 1.29 is 18.0 Å². The highest BCUT2D eigenvalue weighted by Gasteiger charge is 2.35. The maximum absolute atomic E-state index is 12.7. The van der Waals surface area contributed by atoms with Gasteiger partial charge in [0.2, 0.25) is 21.8 Å². The van der Waals surface area contributed by atoms with Crippen molar-refractivity contribution in [1.82, 2.24) is 4.72 Å². The monoisotopic (exact) mass is 463 g/mol. The van der Waals surface area contributed by atoms with Crippen LogP contribution in [0.5, 0.6) is 0 Å². The van der Waals surface area contributed by atoms with Crippen LogP contribution >= 0.6 is 11.6 Å². The van der Waals surface area contributed by atoms with Crippen molar-refractivity contribution in [3.05, 3.63) is 53.1 Å². The van der Waals surface area contributed by atoms with E-state index in [9.17, 15) is 18.0 Å². The quantitative estimate of drug-likeness (QED) is 0.583. The van der Waals surface area contributed by atoms with Gasteiger partial charge in [0, 0.05) is 35.9 Å². The van der Waals surface area contributed by atoms with E-state index >= 15 is 0 Å². The third-order valence-electron chi connectivity index (χ3n) is 5.22. The van der Waals surface area contributed by atoms with Crippen LogP contribution in [0.15, 0.2) is 47.4 Å². The Hall–Kier alpha value is -2.42. The van der Waals surface area contributed by atoms with Crippen LogP contribution in [0, 0.1) is 12.8 Å². The zero-order valence-electron chi connectivity index (χ0n) is 17.5. The molecule has 3 rings (SSSR count). The lowest BCUT2D eigenvalue weighted by Gasteiger charge is -2.17. The van der Waals surface area contributed by atoms with Crippen molar-refractivity contribution in [2.24, 2.45) is 5.92 Å². The van der Waals surface area contributed by atoms with Gasteiger partial charge in [-0.25, -0.2) is 13.1 Å². The number of nitrogens with zero attached hydrogens (tertiary/aromatic N) is 1. The second-order valence-electron chi connectivity index (χ2n) is 7.60. The predicted molar refractivity (Wildman–Crippen MR) is 122 cm³/mol. The first kappa shape index (κ1) is 23.2. The van der Waals surface area contributed by atoms with Gasteiger partial charge in [-0.1, -0.05) is 31.0 Å². The average molecular weight is 464 g/mol. The van der Waals surface area contributed by atoms with Crippen LogP contribution in [0.3, 0.4) is 0 Å². The van der Waals surface area contributed by atoms with Gasteiger partial charge in [0.15, 0.2) is 0 Å². The molecule has 0 saturated carbocycles. The highest BCUT2D eigenvalue weighted by atomic mass is 35.5. The number of anilines is 2. The smallest absolute Gasteiger partial charge is 0.240 e. The van der Waals surface area contributed by atoms with Crippen molar-refractivity contribution in [1.29, 1.82) is 0 Å². The van der Waals surface area contributed by atoms with E-state index in [1.165, 1.54) is 12.1 Å². The fourth-order valence-corrected chi connectivity index (χ4v) is 4.56. The normalized spacial score (nSPS) is 16.5. The van der Waals surface area contributed by atoms with E-state index in [1.807, 2.05) is 26.0 Å². The van der Waals surface area contributed by atoms with E-state index in [0.717, 1.165) is 18.4 Å². The second kappa shape index (κ2) is 9.80. The molecule has 0 aliphatic carbocycles. The van der Waals surface area contributed by atoms with Gasteiger partial charge in [0.1, 0.15) is 0 Å². The molecule has 7 nitrogen and oxygen atoms in total. The molecule has 1 fully saturated rings. The Labute approximate surface area is 187 Å². The molecule has 1 heterocycles. The van der Waals surface area contributed by atoms with Crippen LogP contribution in [0.2, 0.25) is 5.02 Å². The summed E-state index contributed by atoms with van der Waals surface area (Å²) in [4.78, 5) is 26.8. The molecular formula is C22H26ClN3O4S. The largest absolute Gasteiger partial charge is 0.326 e. The summed E-state index contributed by atoms with van der Waals surface area (Å²) in [7, 11) is -3.57. The highest BCUT2D eigenvalue weighted by molar-refractivity contribution is 7.89. The number of hydrogen-bond acceptors (Lipinski definition) is 4. The van der Waals surface area contributed by atoms with Gasteiger partial charge in [0.05, 0.1) is 10.8 Å². The Morgan fingerprint density at radius 3 is 2.55 bits per heavy atom. The summed E-state index contributed by atoms with van der Waals surface area (Å²) in [5.41, 5.74) is 2.06. The number of rotatable bonds is 8. The van der Waals surface area contributed by atoms with Crippen LogP contribution in [0.25, 0.3) is 0 Å². The van der Waals surface area contributed by atoms with Gasteiger partial charge >= 0.3 is 0 Å². The van der Waals surface area contributed by atoms with Crippen molar-refractivity contribution in [3.63, 3.8) is 0 Å². The SMILES string of the molecule is CCCCNS(=O)(=O)c1ccc(NC(=O)C2CC(=O)N(c3ccc(C)c(Cl)c3)C2)cc1. The number of nitrogens with one attached hydrogen (secondary N) is 2. The Morgan fingerprint density at radius 1 is 1.19 bits per heavy atom. The summed E-state index contributed by atoms with van der Waals surface area (Å²) >= 11 is 6.16. The molecule has 1 aliphatic rings. The lowest BCUT2D eigenvalue weighted by atomic mass is 10.1. The number of carbonyl (C=O) groups is 2. The third kappa shape index (κ3) is 5.64. The third-order valence-corrected chi connectivity index (χ3v) is 7.10. The maximum atomic E-state index is 12.7. The summed E-state index contributed by atoms with van der Waals surface area (Å²) in [6.45, 7) is 4.51. The van der Waals surface area contributed by atoms with Crippen molar-refractivity contribution >= 4 is 44.8 Å². The summed E-state index contributed by atoms with van der Waals surface area (Å²) in [5, 5.41) is 3.34. The molecule has 1 unspecified atom stereocenters. The molecule has 166 valence electrons.